The van der Waals surface area contributed by atoms with Crippen LogP contribution in [0, 0.1) is 0 Å². The molecule has 0 amide bonds. The standard InChI is InChI=1S/C10H13ClN2/c11-9-3-1-2-4-10(9)13-7-5-12-6-8-13/h1-4,12H,5-8H2/p+1. The highest BCUT2D eigenvalue weighted by Crippen LogP contribution is 2.24. The van der Waals surface area contributed by atoms with E-state index in [4.69, 9.17) is 11.6 Å². The van der Waals surface area contributed by atoms with Crippen molar-refractivity contribution in [3.05, 3.63) is 29.3 Å². The van der Waals surface area contributed by atoms with Crippen LogP contribution in [-0.2, 0) is 0 Å². The smallest absolute Gasteiger partial charge is 0.0934 e. The molecule has 0 spiro atoms. The maximum atomic E-state index is 6.11. The Balaban J connectivity index is 2.18. The second kappa shape index (κ2) is 3.99. The summed E-state index contributed by atoms with van der Waals surface area (Å²) in [6.45, 7) is 4.55. The third-order valence-electron chi connectivity index (χ3n) is 2.40. The number of hydrogen-bond acceptors (Lipinski definition) is 1. The molecule has 2 N–H and O–H groups in total. The molecule has 1 aromatic carbocycles. The van der Waals surface area contributed by atoms with E-state index in [1.807, 2.05) is 18.2 Å². The highest BCUT2D eigenvalue weighted by molar-refractivity contribution is 6.33. The molecule has 0 aliphatic carbocycles. The summed E-state index contributed by atoms with van der Waals surface area (Å²) in [4.78, 5) is 2.35. The largest absolute Gasteiger partial charge is 0.359 e. The molecule has 3 heteroatoms. The monoisotopic (exact) mass is 197 g/mol. The zero-order valence-corrected chi connectivity index (χ0v) is 8.30. The van der Waals surface area contributed by atoms with Crippen LogP contribution >= 0.6 is 11.6 Å². The van der Waals surface area contributed by atoms with Crippen LogP contribution in [0.3, 0.4) is 0 Å². The number of anilines is 1. The van der Waals surface area contributed by atoms with E-state index in [1.54, 1.807) is 0 Å². The molecule has 2 nitrogen and oxygen atoms in total. The van der Waals surface area contributed by atoms with Crippen molar-refractivity contribution in [2.75, 3.05) is 31.1 Å². The summed E-state index contributed by atoms with van der Waals surface area (Å²) >= 11 is 6.11. The molecule has 0 bridgehead atoms. The Morgan fingerprint density at radius 1 is 1.15 bits per heavy atom. The van der Waals surface area contributed by atoms with E-state index < -0.39 is 0 Å². The highest BCUT2D eigenvalue weighted by Gasteiger charge is 2.14. The number of nitrogens with zero attached hydrogens (tertiary/aromatic N) is 1. The van der Waals surface area contributed by atoms with Crippen molar-refractivity contribution in [1.29, 1.82) is 0 Å². The first kappa shape index (κ1) is 8.85. The fraction of sp³-hybridized carbons (Fsp3) is 0.400. The predicted octanol–water partition coefficient (Wildman–Crippen LogP) is 0.723. The molecule has 2 rings (SSSR count). The van der Waals surface area contributed by atoms with Gasteiger partial charge in [-0.2, -0.15) is 0 Å². The van der Waals surface area contributed by atoms with E-state index >= 15 is 0 Å². The second-order valence-corrected chi connectivity index (χ2v) is 3.71. The van der Waals surface area contributed by atoms with Crippen LogP contribution < -0.4 is 10.2 Å². The number of para-hydroxylation sites is 1. The van der Waals surface area contributed by atoms with Gasteiger partial charge in [0.05, 0.1) is 36.9 Å². The highest BCUT2D eigenvalue weighted by atomic mass is 35.5. The van der Waals surface area contributed by atoms with E-state index in [9.17, 15) is 0 Å². The molecule has 1 fully saturated rings. The van der Waals surface area contributed by atoms with E-state index in [0.29, 0.717) is 0 Å². The van der Waals surface area contributed by atoms with Crippen molar-refractivity contribution in [3.63, 3.8) is 0 Å². The summed E-state index contributed by atoms with van der Waals surface area (Å²) in [5.41, 5.74) is 1.18. The van der Waals surface area contributed by atoms with Gasteiger partial charge in [-0.15, -0.1) is 0 Å². The first-order valence-electron chi connectivity index (χ1n) is 4.69. The molecule has 0 aromatic heterocycles. The molecule has 1 aromatic rings. The summed E-state index contributed by atoms with van der Waals surface area (Å²) in [6, 6.07) is 8.06. The summed E-state index contributed by atoms with van der Waals surface area (Å²) in [5, 5.41) is 3.21. The van der Waals surface area contributed by atoms with Crippen molar-refractivity contribution in [1.82, 2.24) is 0 Å². The number of quaternary nitrogens is 1. The lowest BCUT2D eigenvalue weighted by Crippen LogP contribution is -2.89. The van der Waals surface area contributed by atoms with Gasteiger partial charge >= 0.3 is 0 Å². The summed E-state index contributed by atoms with van der Waals surface area (Å²) in [7, 11) is 0. The minimum absolute atomic E-state index is 0.865. The minimum atomic E-state index is 0.865. The average Bonchev–Trinajstić information content (AvgIpc) is 2.20. The fourth-order valence-electron chi connectivity index (χ4n) is 1.70. The van der Waals surface area contributed by atoms with E-state index in [-0.39, 0.29) is 0 Å². The number of rotatable bonds is 1. The molecule has 1 aliphatic rings. The Morgan fingerprint density at radius 2 is 1.85 bits per heavy atom. The van der Waals surface area contributed by atoms with Crippen LogP contribution in [0.25, 0.3) is 0 Å². The summed E-state index contributed by atoms with van der Waals surface area (Å²) in [5.74, 6) is 0. The van der Waals surface area contributed by atoms with Crippen LogP contribution in [0.15, 0.2) is 24.3 Å². The zero-order valence-electron chi connectivity index (χ0n) is 7.54. The maximum Gasteiger partial charge on any atom is 0.0934 e. The molecule has 1 heterocycles. The third kappa shape index (κ3) is 1.95. The second-order valence-electron chi connectivity index (χ2n) is 3.30. The van der Waals surface area contributed by atoms with Gasteiger partial charge in [0.1, 0.15) is 0 Å². The Bertz CT molecular complexity index is 282. The third-order valence-corrected chi connectivity index (χ3v) is 2.72. The number of hydrogen-bond donors (Lipinski definition) is 1. The van der Waals surface area contributed by atoms with Gasteiger partial charge in [-0.25, -0.2) is 0 Å². The lowest BCUT2D eigenvalue weighted by atomic mass is 10.2. The maximum absolute atomic E-state index is 6.11. The van der Waals surface area contributed by atoms with Crippen molar-refractivity contribution in [2.24, 2.45) is 0 Å². The SMILES string of the molecule is Clc1ccccc1N1CC[NH2+]CC1. The van der Waals surface area contributed by atoms with Crippen molar-refractivity contribution < 1.29 is 5.32 Å². The fourth-order valence-corrected chi connectivity index (χ4v) is 1.95. The molecule has 0 unspecified atom stereocenters. The molecular weight excluding hydrogens is 184 g/mol. The number of benzene rings is 1. The van der Waals surface area contributed by atoms with Crippen molar-refractivity contribution in [2.45, 2.75) is 0 Å². The molecular formula is C10H14ClN2+. The van der Waals surface area contributed by atoms with Gasteiger partial charge in [-0.3, -0.25) is 0 Å². The summed E-state index contributed by atoms with van der Waals surface area (Å²) < 4.78 is 0. The first-order valence-corrected chi connectivity index (χ1v) is 5.07. The van der Waals surface area contributed by atoms with E-state index in [2.05, 4.69) is 16.3 Å². The quantitative estimate of drug-likeness (QED) is 0.704. The molecule has 13 heavy (non-hydrogen) atoms. The van der Waals surface area contributed by atoms with Gasteiger partial charge < -0.3 is 10.2 Å². The molecule has 0 atom stereocenters. The molecule has 70 valence electrons. The number of piperazine rings is 1. The lowest BCUT2D eigenvalue weighted by molar-refractivity contribution is -0.655. The van der Waals surface area contributed by atoms with Crippen LogP contribution in [0.1, 0.15) is 0 Å². The van der Waals surface area contributed by atoms with Crippen LogP contribution in [-0.4, -0.2) is 26.2 Å². The molecule has 1 saturated heterocycles. The Labute approximate surface area is 83.5 Å². The van der Waals surface area contributed by atoms with Gasteiger partial charge in [0.2, 0.25) is 0 Å². The Morgan fingerprint density at radius 3 is 2.54 bits per heavy atom. The minimum Gasteiger partial charge on any atom is -0.359 e. The number of nitrogens with two attached hydrogens (primary N) is 1. The van der Waals surface area contributed by atoms with Gasteiger partial charge in [-0.1, -0.05) is 23.7 Å². The van der Waals surface area contributed by atoms with Gasteiger partial charge in [0.25, 0.3) is 0 Å². The van der Waals surface area contributed by atoms with Gasteiger partial charge in [0, 0.05) is 0 Å². The van der Waals surface area contributed by atoms with Crippen LogP contribution in [0.4, 0.5) is 5.69 Å². The topological polar surface area (TPSA) is 19.9 Å². The zero-order chi connectivity index (χ0) is 9.10. The number of halogens is 1. The molecule has 0 radical (unpaired) electrons. The van der Waals surface area contributed by atoms with Crippen LogP contribution in [0.2, 0.25) is 5.02 Å². The van der Waals surface area contributed by atoms with Crippen molar-refractivity contribution in [3.8, 4) is 0 Å². The lowest BCUT2D eigenvalue weighted by Gasteiger charge is -2.27. The Kier molecular flexibility index (Phi) is 2.71. The Hall–Kier alpha value is -0.730. The molecule has 1 aliphatic heterocycles. The van der Waals surface area contributed by atoms with E-state index in [1.165, 1.54) is 18.8 Å². The normalized spacial score (nSPS) is 17.5. The van der Waals surface area contributed by atoms with E-state index in [0.717, 1.165) is 18.1 Å². The van der Waals surface area contributed by atoms with Crippen LogP contribution in [0.5, 0.6) is 0 Å². The van der Waals surface area contributed by atoms with Gasteiger partial charge in [0.15, 0.2) is 0 Å². The van der Waals surface area contributed by atoms with Gasteiger partial charge in [-0.05, 0) is 12.1 Å². The predicted molar refractivity (Wildman–Crippen MR) is 55.3 cm³/mol. The summed E-state index contributed by atoms with van der Waals surface area (Å²) in [6.07, 6.45) is 0. The van der Waals surface area contributed by atoms with Crippen molar-refractivity contribution >= 4 is 17.3 Å². The first-order chi connectivity index (χ1) is 6.38. The average molecular weight is 198 g/mol. The molecule has 0 saturated carbocycles.